The third-order valence-corrected chi connectivity index (χ3v) is 4.95. The fourth-order valence-electron chi connectivity index (χ4n) is 3.25. The summed E-state index contributed by atoms with van der Waals surface area (Å²) in [5.74, 6) is 1.51. The first-order chi connectivity index (χ1) is 10.7. The van der Waals surface area contributed by atoms with E-state index in [0.717, 1.165) is 51.1 Å². The van der Waals surface area contributed by atoms with E-state index < -0.39 is 0 Å². The molecule has 22 heavy (non-hydrogen) atoms. The van der Waals surface area contributed by atoms with E-state index in [9.17, 15) is 4.79 Å². The molecule has 1 aliphatic carbocycles. The summed E-state index contributed by atoms with van der Waals surface area (Å²) in [6.07, 6.45) is 5.50. The molecule has 1 amide bonds. The van der Waals surface area contributed by atoms with E-state index in [1.165, 1.54) is 12.0 Å². The Balaban J connectivity index is 1.44. The highest BCUT2D eigenvalue weighted by Gasteiger charge is 2.28. The zero-order valence-corrected chi connectivity index (χ0v) is 13.4. The number of nitrogens with zero attached hydrogens (tertiary/aromatic N) is 1. The molecule has 0 unspecified atom stereocenters. The first kappa shape index (κ1) is 15.3. The average molecular weight is 302 g/mol. The number of nitrogens with one attached hydrogen (secondary N) is 1. The van der Waals surface area contributed by atoms with Crippen molar-refractivity contribution < 1.29 is 9.53 Å². The highest BCUT2D eigenvalue weighted by molar-refractivity contribution is 5.79. The van der Waals surface area contributed by atoms with E-state index in [1.807, 2.05) is 12.1 Å². The van der Waals surface area contributed by atoms with Crippen LogP contribution >= 0.6 is 0 Å². The quantitative estimate of drug-likeness (QED) is 0.909. The van der Waals surface area contributed by atoms with Gasteiger partial charge in [-0.05, 0) is 43.4 Å². The minimum Gasteiger partial charge on any atom is -0.497 e. The Morgan fingerprint density at radius 2 is 2.05 bits per heavy atom. The van der Waals surface area contributed by atoms with Crippen LogP contribution in [-0.4, -0.2) is 37.0 Å². The molecule has 1 aromatic rings. The molecule has 2 aliphatic rings. The van der Waals surface area contributed by atoms with Gasteiger partial charge in [-0.2, -0.15) is 0 Å². The molecular weight excluding hydrogens is 276 g/mol. The van der Waals surface area contributed by atoms with E-state index >= 15 is 0 Å². The van der Waals surface area contributed by atoms with Gasteiger partial charge in [0.2, 0.25) is 5.91 Å². The number of ether oxygens (including phenoxy) is 1. The minimum atomic E-state index is 0.289. The molecule has 0 atom stereocenters. The Morgan fingerprint density at radius 1 is 1.27 bits per heavy atom. The lowest BCUT2D eigenvalue weighted by atomic mass is 9.84. The third kappa shape index (κ3) is 3.80. The second kappa shape index (κ2) is 7.14. The molecule has 0 spiro atoms. The van der Waals surface area contributed by atoms with Crippen molar-refractivity contribution in [2.45, 2.75) is 44.7 Å². The largest absolute Gasteiger partial charge is 0.497 e. The van der Waals surface area contributed by atoms with E-state index in [0.29, 0.717) is 12.0 Å². The molecular formula is C18H26N2O2. The Morgan fingerprint density at radius 3 is 2.68 bits per heavy atom. The van der Waals surface area contributed by atoms with Crippen LogP contribution in [-0.2, 0) is 11.3 Å². The van der Waals surface area contributed by atoms with Gasteiger partial charge in [0, 0.05) is 31.6 Å². The predicted octanol–water partition coefficient (Wildman–Crippen LogP) is 2.58. The molecule has 1 heterocycles. The van der Waals surface area contributed by atoms with Gasteiger partial charge in [0.05, 0.1) is 7.11 Å². The molecule has 4 heteroatoms. The Hall–Kier alpha value is -1.55. The van der Waals surface area contributed by atoms with Crippen LogP contribution in [0.5, 0.6) is 5.75 Å². The second-order valence-electron chi connectivity index (χ2n) is 6.54. The molecule has 1 aromatic carbocycles. The molecule has 1 saturated carbocycles. The van der Waals surface area contributed by atoms with Crippen LogP contribution in [0.1, 0.15) is 37.7 Å². The molecule has 2 fully saturated rings. The van der Waals surface area contributed by atoms with Crippen molar-refractivity contribution >= 4 is 5.91 Å². The molecule has 4 nitrogen and oxygen atoms in total. The van der Waals surface area contributed by atoms with Crippen LogP contribution in [0.4, 0.5) is 0 Å². The number of carbonyl (C=O) groups excluding carboxylic acids is 1. The molecule has 0 bridgehead atoms. The normalized spacial score (nSPS) is 20.4. The van der Waals surface area contributed by atoms with Crippen LogP contribution in [0, 0.1) is 5.92 Å². The fourth-order valence-corrected chi connectivity index (χ4v) is 3.25. The summed E-state index contributed by atoms with van der Waals surface area (Å²) in [4.78, 5) is 14.5. The number of methoxy groups -OCH3 is 1. The zero-order chi connectivity index (χ0) is 15.4. The van der Waals surface area contributed by atoms with E-state index in [-0.39, 0.29) is 5.91 Å². The highest BCUT2D eigenvalue weighted by atomic mass is 16.5. The van der Waals surface area contributed by atoms with Gasteiger partial charge in [-0.1, -0.05) is 18.6 Å². The van der Waals surface area contributed by atoms with E-state index in [1.54, 1.807) is 7.11 Å². The summed E-state index contributed by atoms with van der Waals surface area (Å²) < 4.78 is 5.28. The number of benzene rings is 1. The van der Waals surface area contributed by atoms with Gasteiger partial charge in [-0.25, -0.2) is 0 Å². The molecule has 120 valence electrons. The van der Waals surface area contributed by atoms with Crippen molar-refractivity contribution in [3.8, 4) is 5.75 Å². The maximum Gasteiger partial charge on any atom is 0.223 e. The summed E-state index contributed by atoms with van der Waals surface area (Å²) in [5, 5.41) is 3.24. The number of rotatable bonds is 5. The number of hydrogen-bond donors (Lipinski definition) is 1. The third-order valence-electron chi connectivity index (χ3n) is 4.95. The summed E-state index contributed by atoms with van der Waals surface area (Å²) in [6, 6.07) is 8.64. The fraction of sp³-hybridized carbons (Fsp3) is 0.611. The smallest absolute Gasteiger partial charge is 0.223 e. The molecule has 0 radical (unpaired) electrons. The first-order valence-corrected chi connectivity index (χ1v) is 8.40. The summed E-state index contributed by atoms with van der Waals surface area (Å²) in [6.45, 7) is 3.06. The van der Waals surface area contributed by atoms with Crippen LogP contribution < -0.4 is 10.1 Å². The Kier molecular flexibility index (Phi) is 4.98. The first-order valence-electron chi connectivity index (χ1n) is 8.40. The number of piperidine rings is 1. The standard InChI is InChI=1S/C18H26N2O2/c1-22-17-7-2-4-14(12-17)13-20-10-8-16(9-11-20)19-18(21)15-5-3-6-15/h2,4,7,12,15-16H,3,5-6,8-11,13H2,1H3,(H,19,21). The summed E-state index contributed by atoms with van der Waals surface area (Å²) in [7, 11) is 1.70. The van der Waals surface area contributed by atoms with Gasteiger partial charge >= 0.3 is 0 Å². The number of likely N-dealkylation sites (tertiary alicyclic amines) is 1. The van der Waals surface area contributed by atoms with Crippen molar-refractivity contribution in [2.24, 2.45) is 5.92 Å². The predicted molar refractivity (Wildman–Crippen MR) is 86.8 cm³/mol. The number of carbonyl (C=O) groups is 1. The summed E-state index contributed by atoms with van der Waals surface area (Å²) >= 11 is 0. The van der Waals surface area contributed by atoms with Crippen LogP contribution in [0.3, 0.4) is 0 Å². The highest BCUT2D eigenvalue weighted by Crippen LogP contribution is 2.27. The van der Waals surface area contributed by atoms with Crippen molar-refractivity contribution in [3.63, 3.8) is 0 Å². The molecule has 1 saturated heterocycles. The maximum atomic E-state index is 12.0. The lowest BCUT2D eigenvalue weighted by Crippen LogP contribution is -2.47. The van der Waals surface area contributed by atoms with Gasteiger partial charge in [0.1, 0.15) is 5.75 Å². The van der Waals surface area contributed by atoms with Gasteiger partial charge in [-0.3, -0.25) is 9.69 Å². The van der Waals surface area contributed by atoms with Gasteiger partial charge < -0.3 is 10.1 Å². The Labute approximate surface area is 132 Å². The van der Waals surface area contributed by atoms with Crippen molar-refractivity contribution in [1.82, 2.24) is 10.2 Å². The van der Waals surface area contributed by atoms with Crippen molar-refractivity contribution in [3.05, 3.63) is 29.8 Å². The number of hydrogen-bond acceptors (Lipinski definition) is 3. The maximum absolute atomic E-state index is 12.0. The van der Waals surface area contributed by atoms with Crippen LogP contribution in [0.2, 0.25) is 0 Å². The van der Waals surface area contributed by atoms with Crippen LogP contribution in [0.25, 0.3) is 0 Å². The van der Waals surface area contributed by atoms with Crippen molar-refractivity contribution in [2.75, 3.05) is 20.2 Å². The molecule has 1 aliphatic heterocycles. The lowest BCUT2D eigenvalue weighted by molar-refractivity contribution is -0.128. The van der Waals surface area contributed by atoms with Crippen LogP contribution in [0.15, 0.2) is 24.3 Å². The van der Waals surface area contributed by atoms with E-state index in [2.05, 4.69) is 22.3 Å². The SMILES string of the molecule is COc1cccc(CN2CCC(NC(=O)C3CCC3)CC2)c1. The minimum absolute atomic E-state index is 0.289. The van der Waals surface area contributed by atoms with Crippen molar-refractivity contribution in [1.29, 1.82) is 0 Å². The van der Waals surface area contributed by atoms with Gasteiger partial charge in [0.15, 0.2) is 0 Å². The molecule has 3 rings (SSSR count). The number of amides is 1. The van der Waals surface area contributed by atoms with Gasteiger partial charge in [0.25, 0.3) is 0 Å². The summed E-state index contributed by atoms with van der Waals surface area (Å²) in [5.41, 5.74) is 1.29. The van der Waals surface area contributed by atoms with Gasteiger partial charge in [-0.15, -0.1) is 0 Å². The average Bonchev–Trinajstić information content (AvgIpc) is 2.48. The topological polar surface area (TPSA) is 41.6 Å². The molecule has 1 N–H and O–H groups in total. The Bertz CT molecular complexity index is 506. The zero-order valence-electron chi connectivity index (χ0n) is 13.4. The molecule has 0 aromatic heterocycles. The van der Waals surface area contributed by atoms with E-state index in [4.69, 9.17) is 4.74 Å². The second-order valence-corrected chi connectivity index (χ2v) is 6.54. The monoisotopic (exact) mass is 302 g/mol. The lowest BCUT2D eigenvalue weighted by Gasteiger charge is -2.34.